The number of halogens is 1. The molecule has 3 rings (SSSR count). The van der Waals surface area contributed by atoms with Crippen molar-refractivity contribution in [2.24, 2.45) is 0 Å². The van der Waals surface area contributed by atoms with Gasteiger partial charge in [0.2, 0.25) is 5.28 Å². The summed E-state index contributed by atoms with van der Waals surface area (Å²) in [5.41, 5.74) is 6.69. The first-order chi connectivity index (χ1) is 8.69. The van der Waals surface area contributed by atoms with E-state index in [9.17, 15) is 0 Å². The summed E-state index contributed by atoms with van der Waals surface area (Å²) in [5, 5.41) is 9.07. The van der Waals surface area contributed by atoms with Crippen molar-refractivity contribution < 1.29 is 9.84 Å². The highest BCUT2D eigenvalue weighted by Crippen LogP contribution is 2.26. The lowest BCUT2D eigenvalue weighted by Crippen LogP contribution is -2.15. The number of anilines is 1. The molecule has 2 aromatic rings. The number of aliphatic hydroxyl groups is 1. The first-order valence-electron chi connectivity index (χ1n) is 5.29. The molecule has 0 unspecified atom stereocenters. The van der Waals surface area contributed by atoms with E-state index in [0.29, 0.717) is 11.2 Å². The van der Waals surface area contributed by atoms with Crippen LogP contribution in [0.15, 0.2) is 18.5 Å². The van der Waals surface area contributed by atoms with Crippen LogP contribution in [0, 0.1) is 0 Å². The third-order valence-electron chi connectivity index (χ3n) is 2.68. The minimum Gasteiger partial charge on any atom is -0.393 e. The highest BCUT2D eigenvalue weighted by molar-refractivity contribution is 6.28. The molecular weight excluding hydrogens is 258 g/mol. The highest BCUT2D eigenvalue weighted by Gasteiger charge is 2.22. The van der Waals surface area contributed by atoms with E-state index in [4.69, 9.17) is 27.2 Å². The molecule has 0 aliphatic carbocycles. The third-order valence-corrected chi connectivity index (χ3v) is 2.85. The molecule has 0 fully saturated rings. The number of ether oxygens (including phenoxy) is 1. The zero-order valence-corrected chi connectivity index (χ0v) is 9.95. The molecule has 2 aromatic heterocycles. The van der Waals surface area contributed by atoms with Gasteiger partial charge < -0.3 is 15.6 Å². The molecule has 18 heavy (non-hydrogen) atoms. The zero-order valence-electron chi connectivity index (χ0n) is 9.19. The van der Waals surface area contributed by atoms with Gasteiger partial charge in [-0.1, -0.05) is 6.08 Å². The van der Waals surface area contributed by atoms with Gasteiger partial charge in [0.05, 0.1) is 12.9 Å². The average Bonchev–Trinajstić information content (AvgIpc) is 2.93. The molecule has 0 aromatic carbocycles. The number of fused-ring (bicyclic) bond motifs is 1. The Hall–Kier alpha value is -1.70. The van der Waals surface area contributed by atoms with Crippen molar-refractivity contribution in [3.63, 3.8) is 0 Å². The van der Waals surface area contributed by atoms with E-state index < -0.39 is 0 Å². The topological polar surface area (TPSA) is 99.1 Å². The Morgan fingerprint density at radius 1 is 1.44 bits per heavy atom. The SMILES string of the molecule is Nc1nc(Cl)nc2c1ncn2[C@@H]1C=C[C@H](CO)O1. The van der Waals surface area contributed by atoms with Gasteiger partial charge in [0.25, 0.3) is 0 Å². The molecule has 2 atom stereocenters. The first-order valence-corrected chi connectivity index (χ1v) is 5.67. The Morgan fingerprint density at radius 2 is 2.28 bits per heavy atom. The fourth-order valence-corrected chi connectivity index (χ4v) is 2.02. The molecule has 0 spiro atoms. The molecule has 1 aliphatic heterocycles. The van der Waals surface area contributed by atoms with E-state index in [2.05, 4.69) is 15.0 Å². The van der Waals surface area contributed by atoms with Crippen molar-refractivity contribution in [1.82, 2.24) is 19.5 Å². The Bertz CT molecular complexity index is 626. The molecule has 7 nitrogen and oxygen atoms in total. The van der Waals surface area contributed by atoms with Gasteiger partial charge in [0.15, 0.2) is 17.7 Å². The van der Waals surface area contributed by atoms with Gasteiger partial charge in [0.1, 0.15) is 11.6 Å². The minimum atomic E-state index is -0.377. The van der Waals surface area contributed by atoms with Crippen LogP contribution in [0.1, 0.15) is 6.23 Å². The van der Waals surface area contributed by atoms with Crippen molar-refractivity contribution in [2.75, 3.05) is 12.3 Å². The van der Waals surface area contributed by atoms with E-state index in [1.54, 1.807) is 17.0 Å². The molecule has 3 heterocycles. The van der Waals surface area contributed by atoms with E-state index in [0.717, 1.165) is 0 Å². The third kappa shape index (κ3) is 1.72. The second kappa shape index (κ2) is 4.20. The highest BCUT2D eigenvalue weighted by atomic mass is 35.5. The maximum absolute atomic E-state index is 9.01. The lowest BCUT2D eigenvalue weighted by atomic mass is 10.4. The van der Waals surface area contributed by atoms with Gasteiger partial charge in [-0.05, 0) is 17.7 Å². The summed E-state index contributed by atoms with van der Waals surface area (Å²) in [7, 11) is 0. The largest absolute Gasteiger partial charge is 0.393 e. The van der Waals surface area contributed by atoms with Crippen molar-refractivity contribution in [3.8, 4) is 0 Å². The number of aromatic nitrogens is 4. The molecular formula is C10H10ClN5O2. The summed E-state index contributed by atoms with van der Waals surface area (Å²) in [4.78, 5) is 12.1. The van der Waals surface area contributed by atoms with Crippen molar-refractivity contribution >= 4 is 28.6 Å². The van der Waals surface area contributed by atoms with Crippen LogP contribution in [0.25, 0.3) is 11.2 Å². The summed E-state index contributed by atoms with van der Waals surface area (Å²) < 4.78 is 7.25. The summed E-state index contributed by atoms with van der Waals surface area (Å²) in [6.45, 7) is -0.0719. The number of nitrogens with zero attached hydrogens (tertiary/aromatic N) is 4. The molecule has 0 amide bonds. The fraction of sp³-hybridized carbons (Fsp3) is 0.300. The number of imidazole rings is 1. The number of aliphatic hydroxyl groups excluding tert-OH is 1. The second-order valence-electron chi connectivity index (χ2n) is 3.83. The number of nitrogen functional groups attached to an aromatic ring is 1. The normalized spacial score (nSPS) is 23.0. The Kier molecular flexibility index (Phi) is 2.66. The lowest BCUT2D eigenvalue weighted by molar-refractivity contribution is -0.00638. The van der Waals surface area contributed by atoms with Crippen molar-refractivity contribution in [1.29, 1.82) is 0 Å². The van der Waals surface area contributed by atoms with Crippen LogP contribution in [-0.2, 0) is 4.74 Å². The van der Waals surface area contributed by atoms with Gasteiger partial charge in [-0.25, -0.2) is 4.98 Å². The predicted molar refractivity (Wildman–Crippen MR) is 64.9 cm³/mol. The number of hydrogen-bond donors (Lipinski definition) is 2. The van der Waals surface area contributed by atoms with Gasteiger partial charge in [0, 0.05) is 0 Å². The summed E-state index contributed by atoms with van der Waals surface area (Å²) in [5.74, 6) is 0.226. The summed E-state index contributed by atoms with van der Waals surface area (Å²) >= 11 is 5.77. The molecule has 0 bridgehead atoms. The number of rotatable bonds is 2. The zero-order chi connectivity index (χ0) is 12.7. The van der Waals surface area contributed by atoms with Crippen LogP contribution >= 0.6 is 11.6 Å². The standard InChI is InChI=1S/C10H10ClN5O2/c11-10-14-8(12)7-9(15-10)16(4-13-7)6-2-1-5(3-17)18-6/h1-2,4-6,17H,3H2,(H2,12,14,15)/t5-,6+/m1/s1. The molecule has 1 aliphatic rings. The van der Waals surface area contributed by atoms with Crippen LogP contribution < -0.4 is 5.73 Å². The Balaban J connectivity index is 2.06. The van der Waals surface area contributed by atoms with Crippen LogP contribution in [0.4, 0.5) is 5.82 Å². The maximum atomic E-state index is 9.01. The quantitative estimate of drug-likeness (QED) is 0.607. The van der Waals surface area contributed by atoms with Crippen LogP contribution in [0.3, 0.4) is 0 Å². The maximum Gasteiger partial charge on any atom is 0.226 e. The molecule has 0 radical (unpaired) electrons. The summed E-state index contributed by atoms with van der Waals surface area (Å²) in [6, 6.07) is 0. The van der Waals surface area contributed by atoms with E-state index >= 15 is 0 Å². The number of hydrogen-bond acceptors (Lipinski definition) is 6. The monoisotopic (exact) mass is 267 g/mol. The molecule has 8 heteroatoms. The van der Waals surface area contributed by atoms with Gasteiger partial charge >= 0.3 is 0 Å². The second-order valence-corrected chi connectivity index (χ2v) is 4.17. The predicted octanol–water partition coefficient (Wildman–Crippen LogP) is 0.508. The van der Waals surface area contributed by atoms with Gasteiger partial charge in [-0.2, -0.15) is 9.97 Å². The van der Waals surface area contributed by atoms with Gasteiger partial charge in [-0.3, -0.25) is 4.57 Å². The van der Waals surface area contributed by atoms with E-state index in [1.807, 2.05) is 6.08 Å². The lowest BCUT2D eigenvalue weighted by Gasteiger charge is -2.13. The fourth-order valence-electron chi connectivity index (χ4n) is 1.85. The Labute approximate surface area is 107 Å². The van der Waals surface area contributed by atoms with Crippen LogP contribution in [-0.4, -0.2) is 37.3 Å². The average molecular weight is 268 g/mol. The molecule has 0 saturated carbocycles. The first kappa shape index (κ1) is 11.4. The smallest absolute Gasteiger partial charge is 0.226 e. The molecule has 0 saturated heterocycles. The van der Waals surface area contributed by atoms with E-state index in [-0.39, 0.29) is 30.0 Å². The number of nitrogens with two attached hydrogens (primary N) is 1. The van der Waals surface area contributed by atoms with Crippen molar-refractivity contribution in [2.45, 2.75) is 12.3 Å². The molecule has 3 N–H and O–H groups in total. The molecule has 94 valence electrons. The van der Waals surface area contributed by atoms with Gasteiger partial charge in [-0.15, -0.1) is 0 Å². The van der Waals surface area contributed by atoms with Crippen LogP contribution in [0.5, 0.6) is 0 Å². The van der Waals surface area contributed by atoms with E-state index in [1.165, 1.54) is 0 Å². The Morgan fingerprint density at radius 3 is 3.00 bits per heavy atom. The summed E-state index contributed by atoms with van der Waals surface area (Å²) in [6.07, 6.45) is 4.46. The van der Waals surface area contributed by atoms with Crippen LogP contribution in [0.2, 0.25) is 5.28 Å². The minimum absolute atomic E-state index is 0.0578. The van der Waals surface area contributed by atoms with Crippen molar-refractivity contribution in [3.05, 3.63) is 23.8 Å².